The standard InChI is InChI=1S/C13H15FN4O/c14-10-7-9(4-5-11(10)15)8-18-13(19)17-6-2-1-3-12(17)16-18/h4-5,7H,1-3,6,8,15H2. The summed E-state index contributed by atoms with van der Waals surface area (Å²) in [7, 11) is 0. The van der Waals surface area contributed by atoms with E-state index in [4.69, 9.17) is 5.73 Å². The molecule has 1 aliphatic rings. The molecule has 1 aromatic heterocycles. The summed E-state index contributed by atoms with van der Waals surface area (Å²) in [5.74, 6) is 0.363. The molecule has 2 N–H and O–H groups in total. The first-order valence-corrected chi connectivity index (χ1v) is 6.35. The van der Waals surface area contributed by atoms with E-state index < -0.39 is 5.82 Å². The Morgan fingerprint density at radius 3 is 2.95 bits per heavy atom. The molecule has 0 bridgehead atoms. The molecule has 0 saturated heterocycles. The van der Waals surface area contributed by atoms with Crippen LogP contribution in [0.4, 0.5) is 10.1 Å². The van der Waals surface area contributed by atoms with Gasteiger partial charge in [-0.05, 0) is 30.5 Å². The van der Waals surface area contributed by atoms with Crippen molar-refractivity contribution in [1.29, 1.82) is 0 Å². The van der Waals surface area contributed by atoms with Gasteiger partial charge in [-0.25, -0.2) is 13.9 Å². The second-order valence-electron chi connectivity index (χ2n) is 4.82. The number of nitrogen functional groups attached to an aromatic ring is 1. The molecule has 0 unspecified atom stereocenters. The van der Waals surface area contributed by atoms with Gasteiger partial charge < -0.3 is 5.73 Å². The van der Waals surface area contributed by atoms with E-state index in [-0.39, 0.29) is 17.9 Å². The second kappa shape index (κ2) is 4.53. The number of hydrogen-bond donors (Lipinski definition) is 1. The number of nitrogens with two attached hydrogens (primary N) is 1. The molecule has 0 radical (unpaired) electrons. The summed E-state index contributed by atoms with van der Waals surface area (Å²) in [6.45, 7) is 1.00. The van der Waals surface area contributed by atoms with Crippen molar-refractivity contribution in [3.05, 3.63) is 45.9 Å². The van der Waals surface area contributed by atoms with E-state index in [9.17, 15) is 9.18 Å². The van der Waals surface area contributed by atoms with Crippen LogP contribution in [0.1, 0.15) is 24.2 Å². The molecule has 1 aliphatic heterocycles. The van der Waals surface area contributed by atoms with Crippen LogP contribution in [-0.4, -0.2) is 14.3 Å². The van der Waals surface area contributed by atoms with Crippen molar-refractivity contribution in [3.8, 4) is 0 Å². The van der Waals surface area contributed by atoms with Crippen LogP contribution in [0.25, 0.3) is 0 Å². The van der Waals surface area contributed by atoms with E-state index in [1.54, 1.807) is 10.6 Å². The number of aromatic nitrogens is 3. The number of fused-ring (bicyclic) bond motifs is 1. The van der Waals surface area contributed by atoms with Gasteiger partial charge in [-0.15, -0.1) is 0 Å². The van der Waals surface area contributed by atoms with Gasteiger partial charge >= 0.3 is 5.69 Å². The van der Waals surface area contributed by atoms with Crippen LogP contribution in [0.15, 0.2) is 23.0 Å². The lowest BCUT2D eigenvalue weighted by atomic mass is 10.2. The highest BCUT2D eigenvalue weighted by Gasteiger charge is 2.16. The van der Waals surface area contributed by atoms with E-state index in [2.05, 4.69) is 5.10 Å². The zero-order chi connectivity index (χ0) is 13.4. The molecule has 100 valence electrons. The fraction of sp³-hybridized carbons (Fsp3) is 0.385. The quantitative estimate of drug-likeness (QED) is 0.826. The molecule has 0 saturated carbocycles. The van der Waals surface area contributed by atoms with Gasteiger partial charge in [0.05, 0.1) is 12.2 Å². The highest BCUT2D eigenvalue weighted by atomic mass is 19.1. The molecule has 3 rings (SSSR count). The number of benzene rings is 1. The third kappa shape index (κ3) is 2.14. The van der Waals surface area contributed by atoms with Gasteiger partial charge in [0.1, 0.15) is 11.6 Å². The molecule has 0 spiro atoms. The molecule has 0 atom stereocenters. The van der Waals surface area contributed by atoms with E-state index in [0.717, 1.165) is 31.6 Å². The Bertz CT molecular complexity index is 674. The molecule has 0 fully saturated rings. The Morgan fingerprint density at radius 1 is 1.37 bits per heavy atom. The van der Waals surface area contributed by atoms with Crippen molar-refractivity contribution in [2.24, 2.45) is 0 Å². The lowest BCUT2D eigenvalue weighted by Crippen LogP contribution is -2.27. The van der Waals surface area contributed by atoms with E-state index in [0.29, 0.717) is 5.56 Å². The molecule has 2 heterocycles. The third-order valence-corrected chi connectivity index (χ3v) is 3.43. The maximum Gasteiger partial charge on any atom is 0.346 e. The largest absolute Gasteiger partial charge is 0.396 e. The van der Waals surface area contributed by atoms with E-state index in [1.165, 1.54) is 16.8 Å². The predicted octanol–water partition coefficient (Wildman–Crippen LogP) is 1.15. The summed E-state index contributed by atoms with van der Waals surface area (Å²) in [5, 5.41) is 4.31. The average Bonchev–Trinajstić information content (AvgIpc) is 2.72. The number of nitrogens with zero attached hydrogens (tertiary/aromatic N) is 3. The zero-order valence-electron chi connectivity index (χ0n) is 10.5. The second-order valence-corrected chi connectivity index (χ2v) is 4.82. The summed E-state index contributed by atoms with van der Waals surface area (Å²) < 4.78 is 16.5. The Kier molecular flexibility index (Phi) is 2.85. The van der Waals surface area contributed by atoms with Crippen LogP contribution in [0.5, 0.6) is 0 Å². The third-order valence-electron chi connectivity index (χ3n) is 3.43. The molecule has 0 aliphatic carbocycles. The van der Waals surface area contributed by atoms with Crippen molar-refractivity contribution in [2.45, 2.75) is 32.4 Å². The summed E-state index contributed by atoms with van der Waals surface area (Å²) in [6, 6.07) is 4.56. The molecule has 19 heavy (non-hydrogen) atoms. The minimum atomic E-state index is -0.463. The number of hydrogen-bond acceptors (Lipinski definition) is 3. The Morgan fingerprint density at radius 2 is 2.21 bits per heavy atom. The van der Waals surface area contributed by atoms with E-state index >= 15 is 0 Å². The number of anilines is 1. The fourth-order valence-corrected chi connectivity index (χ4v) is 2.39. The highest BCUT2D eigenvalue weighted by Crippen LogP contribution is 2.13. The summed E-state index contributed by atoms with van der Waals surface area (Å²) >= 11 is 0. The molecule has 2 aromatic rings. The van der Waals surface area contributed by atoms with Crippen molar-refractivity contribution in [3.63, 3.8) is 0 Å². The summed E-state index contributed by atoms with van der Waals surface area (Å²) in [6.07, 6.45) is 2.90. The van der Waals surface area contributed by atoms with Crippen LogP contribution >= 0.6 is 0 Å². The monoisotopic (exact) mass is 262 g/mol. The van der Waals surface area contributed by atoms with Crippen molar-refractivity contribution in [1.82, 2.24) is 14.3 Å². The van der Waals surface area contributed by atoms with Crippen LogP contribution in [0, 0.1) is 5.82 Å². The smallest absolute Gasteiger partial charge is 0.346 e. The maximum absolute atomic E-state index is 13.4. The van der Waals surface area contributed by atoms with Gasteiger partial charge in [0.25, 0.3) is 0 Å². The highest BCUT2D eigenvalue weighted by molar-refractivity contribution is 5.41. The van der Waals surface area contributed by atoms with Gasteiger partial charge in [-0.3, -0.25) is 4.57 Å². The van der Waals surface area contributed by atoms with Crippen molar-refractivity contribution in [2.75, 3.05) is 5.73 Å². The van der Waals surface area contributed by atoms with Crippen molar-refractivity contribution < 1.29 is 4.39 Å². The molecule has 0 amide bonds. The van der Waals surface area contributed by atoms with Crippen LogP contribution in [0.3, 0.4) is 0 Å². The predicted molar refractivity (Wildman–Crippen MR) is 69.3 cm³/mol. The minimum Gasteiger partial charge on any atom is -0.396 e. The van der Waals surface area contributed by atoms with Gasteiger partial charge in [-0.1, -0.05) is 6.07 Å². The Labute approximate surface area is 109 Å². The molecule has 5 nitrogen and oxygen atoms in total. The number of aryl methyl sites for hydroxylation is 1. The topological polar surface area (TPSA) is 65.8 Å². The zero-order valence-corrected chi connectivity index (χ0v) is 10.5. The lowest BCUT2D eigenvalue weighted by Gasteiger charge is -2.09. The normalized spacial score (nSPS) is 14.4. The molecule has 1 aromatic carbocycles. The first-order chi connectivity index (χ1) is 9.15. The Balaban J connectivity index is 1.93. The fourth-order valence-electron chi connectivity index (χ4n) is 2.39. The SMILES string of the molecule is Nc1ccc(Cn2nc3n(c2=O)CCCC3)cc1F. The van der Waals surface area contributed by atoms with Gasteiger partial charge in [-0.2, -0.15) is 5.10 Å². The van der Waals surface area contributed by atoms with Gasteiger partial charge in [0.15, 0.2) is 0 Å². The number of rotatable bonds is 2. The first kappa shape index (κ1) is 12.0. The van der Waals surface area contributed by atoms with Crippen LogP contribution in [-0.2, 0) is 19.5 Å². The van der Waals surface area contributed by atoms with Gasteiger partial charge in [0.2, 0.25) is 0 Å². The lowest BCUT2D eigenvalue weighted by molar-refractivity contribution is 0.511. The van der Waals surface area contributed by atoms with Crippen LogP contribution < -0.4 is 11.4 Å². The summed E-state index contributed by atoms with van der Waals surface area (Å²) in [5.41, 5.74) is 6.11. The maximum atomic E-state index is 13.4. The molecular formula is C13H15FN4O. The average molecular weight is 262 g/mol. The minimum absolute atomic E-state index is 0.111. The summed E-state index contributed by atoms with van der Waals surface area (Å²) in [4.78, 5) is 12.1. The van der Waals surface area contributed by atoms with E-state index in [1.807, 2.05) is 0 Å². The molecule has 6 heteroatoms. The van der Waals surface area contributed by atoms with Crippen molar-refractivity contribution >= 4 is 5.69 Å². The van der Waals surface area contributed by atoms with Gasteiger partial charge in [0, 0.05) is 13.0 Å². The Hall–Kier alpha value is -2.11. The first-order valence-electron chi connectivity index (χ1n) is 6.35. The number of halogens is 1. The van der Waals surface area contributed by atoms with Crippen LogP contribution in [0.2, 0.25) is 0 Å². The molecular weight excluding hydrogens is 247 g/mol.